The van der Waals surface area contributed by atoms with Crippen LogP contribution in [0.3, 0.4) is 0 Å². The number of anilines is 1. The van der Waals surface area contributed by atoms with Gasteiger partial charge in [-0.25, -0.2) is 4.39 Å². The molecule has 0 bridgehead atoms. The summed E-state index contributed by atoms with van der Waals surface area (Å²) < 4.78 is 13.2. The molecule has 2 heterocycles. The Balaban J connectivity index is 1.20. The fourth-order valence-corrected chi connectivity index (χ4v) is 5.25. The Morgan fingerprint density at radius 1 is 0.900 bits per heavy atom. The van der Waals surface area contributed by atoms with Gasteiger partial charge in [0, 0.05) is 51.0 Å². The summed E-state index contributed by atoms with van der Waals surface area (Å²) in [6.07, 6.45) is 4.21. The van der Waals surface area contributed by atoms with E-state index in [1.807, 2.05) is 30.3 Å². The van der Waals surface area contributed by atoms with Gasteiger partial charge in [-0.1, -0.05) is 30.3 Å². The molecule has 5 rings (SSSR count). The van der Waals surface area contributed by atoms with Crippen LogP contribution in [0.25, 0.3) is 0 Å². The lowest BCUT2D eigenvalue weighted by molar-refractivity contribution is -0.136. The Morgan fingerprint density at radius 2 is 1.60 bits per heavy atom. The van der Waals surface area contributed by atoms with Gasteiger partial charge in [-0.15, -0.1) is 0 Å². The van der Waals surface area contributed by atoms with Crippen molar-refractivity contribution in [3.05, 3.63) is 66.0 Å². The quantitative estimate of drug-likeness (QED) is 0.774. The Morgan fingerprint density at radius 3 is 2.27 bits per heavy atom. The number of piperazine rings is 1. The minimum Gasteiger partial charge on any atom is -0.369 e. The molecule has 0 radical (unpaired) electrons. The molecule has 0 aromatic heterocycles. The summed E-state index contributed by atoms with van der Waals surface area (Å²) >= 11 is 0. The molecule has 4 nitrogen and oxygen atoms in total. The van der Waals surface area contributed by atoms with E-state index in [9.17, 15) is 9.18 Å². The summed E-state index contributed by atoms with van der Waals surface area (Å²) in [5, 5.41) is 0. The van der Waals surface area contributed by atoms with E-state index >= 15 is 0 Å². The van der Waals surface area contributed by atoms with Crippen molar-refractivity contribution in [3.63, 3.8) is 0 Å². The Kier molecular flexibility index (Phi) is 5.23. The van der Waals surface area contributed by atoms with E-state index in [0.717, 1.165) is 64.2 Å². The SMILES string of the molecule is O=C(N1CCC[C@H](N2CCN(c3ccc(F)cc3)CC2)C1)C1(c2ccccc2)CC1. The van der Waals surface area contributed by atoms with Gasteiger partial charge in [0.2, 0.25) is 5.91 Å². The van der Waals surface area contributed by atoms with Gasteiger partial charge in [0.25, 0.3) is 0 Å². The number of hydrogen-bond acceptors (Lipinski definition) is 3. The normalized spacial score (nSPS) is 24.0. The van der Waals surface area contributed by atoms with Crippen LogP contribution in [0.5, 0.6) is 0 Å². The number of likely N-dealkylation sites (tertiary alicyclic amines) is 1. The first kappa shape index (κ1) is 19.6. The van der Waals surface area contributed by atoms with E-state index in [2.05, 4.69) is 26.8 Å². The van der Waals surface area contributed by atoms with Crippen LogP contribution in [-0.4, -0.2) is 61.0 Å². The van der Waals surface area contributed by atoms with Gasteiger partial charge in [0.05, 0.1) is 5.41 Å². The number of piperidine rings is 1. The third-order valence-electron chi connectivity index (χ3n) is 7.19. The predicted octanol–water partition coefficient (Wildman–Crippen LogP) is 3.67. The average molecular weight is 408 g/mol. The zero-order valence-corrected chi connectivity index (χ0v) is 17.5. The zero-order chi connectivity index (χ0) is 20.6. The summed E-state index contributed by atoms with van der Waals surface area (Å²) in [6.45, 7) is 5.62. The van der Waals surface area contributed by atoms with Crippen LogP contribution in [0.4, 0.5) is 10.1 Å². The van der Waals surface area contributed by atoms with E-state index in [0.29, 0.717) is 11.9 Å². The van der Waals surface area contributed by atoms with E-state index in [-0.39, 0.29) is 11.2 Å². The summed E-state index contributed by atoms with van der Waals surface area (Å²) in [7, 11) is 0. The molecule has 1 saturated carbocycles. The van der Waals surface area contributed by atoms with Crippen LogP contribution >= 0.6 is 0 Å². The van der Waals surface area contributed by atoms with Crippen molar-refractivity contribution in [2.75, 3.05) is 44.2 Å². The fraction of sp³-hybridized carbons (Fsp3) is 0.480. The zero-order valence-electron chi connectivity index (χ0n) is 17.5. The monoisotopic (exact) mass is 407 g/mol. The Labute approximate surface area is 178 Å². The maximum Gasteiger partial charge on any atom is 0.233 e. The maximum atomic E-state index is 13.4. The number of carbonyl (C=O) groups is 1. The van der Waals surface area contributed by atoms with Gasteiger partial charge < -0.3 is 9.80 Å². The van der Waals surface area contributed by atoms with Crippen molar-refractivity contribution in [1.82, 2.24) is 9.80 Å². The van der Waals surface area contributed by atoms with Gasteiger partial charge in [-0.2, -0.15) is 0 Å². The first-order valence-electron chi connectivity index (χ1n) is 11.3. The smallest absolute Gasteiger partial charge is 0.233 e. The van der Waals surface area contributed by atoms with Crippen molar-refractivity contribution >= 4 is 11.6 Å². The molecule has 158 valence electrons. The van der Waals surface area contributed by atoms with Crippen LogP contribution in [-0.2, 0) is 10.2 Å². The number of benzene rings is 2. The molecule has 0 N–H and O–H groups in total. The highest BCUT2D eigenvalue weighted by Gasteiger charge is 2.53. The number of halogens is 1. The van der Waals surface area contributed by atoms with Crippen molar-refractivity contribution in [1.29, 1.82) is 0 Å². The van der Waals surface area contributed by atoms with Gasteiger partial charge in [0.1, 0.15) is 5.82 Å². The molecule has 2 aromatic rings. The standard InChI is InChI=1S/C25H30FN3O/c26-21-8-10-22(11-9-21)27-15-17-28(18-16-27)23-7-4-14-29(19-23)24(30)25(12-13-25)20-5-2-1-3-6-20/h1-3,5-6,8-11,23H,4,7,12-19H2/t23-/m0/s1. The van der Waals surface area contributed by atoms with Crippen molar-refractivity contribution in [3.8, 4) is 0 Å². The average Bonchev–Trinajstić information content (AvgIpc) is 3.62. The Hall–Kier alpha value is -2.40. The van der Waals surface area contributed by atoms with Gasteiger partial charge >= 0.3 is 0 Å². The number of rotatable bonds is 4. The lowest BCUT2D eigenvalue weighted by Gasteiger charge is -2.44. The van der Waals surface area contributed by atoms with Crippen molar-refractivity contribution < 1.29 is 9.18 Å². The second-order valence-corrected chi connectivity index (χ2v) is 8.99. The van der Waals surface area contributed by atoms with Crippen LogP contribution in [0.15, 0.2) is 54.6 Å². The minimum atomic E-state index is -0.259. The summed E-state index contributed by atoms with van der Waals surface area (Å²) in [5.41, 5.74) is 2.02. The largest absolute Gasteiger partial charge is 0.369 e. The van der Waals surface area contributed by atoms with E-state index in [1.165, 1.54) is 24.1 Å². The number of amides is 1. The second kappa shape index (κ2) is 8.03. The van der Waals surface area contributed by atoms with E-state index in [4.69, 9.17) is 0 Å². The van der Waals surface area contributed by atoms with Crippen LogP contribution in [0.1, 0.15) is 31.2 Å². The van der Waals surface area contributed by atoms with E-state index in [1.54, 1.807) is 0 Å². The lowest BCUT2D eigenvalue weighted by atomic mass is 9.92. The van der Waals surface area contributed by atoms with Crippen LogP contribution < -0.4 is 4.90 Å². The minimum absolute atomic E-state index is 0.187. The molecule has 2 aromatic carbocycles. The molecular formula is C25H30FN3O. The molecule has 0 unspecified atom stereocenters. The molecule has 3 aliphatic rings. The van der Waals surface area contributed by atoms with E-state index < -0.39 is 0 Å². The molecular weight excluding hydrogens is 377 g/mol. The summed E-state index contributed by atoms with van der Waals surface area (Å²) in [5.74, 6) is 0.150. The number of hydrogen-bond donors (Lipinski definition) is 0. The molecule has 1 amide bonds. The molecule has 3 fully saturated rings. The fourth-order valence-electron chi connectivity index (χ4n) is 5.25. The molecule has 30 heavy (non-hydrogen) atoms. The highest BCUT2D eigenvalue weighted by Crippen LogP contribution is 2.49. The highest BCUT2D eigenvalue weighted by molar-refractivity contribution is 5.91. The van der Waals surface area contributed by atoms with Crippen molar-refractivity contribution in [2.45, 2.75) is 37.1 Å². The molecule has 2 saturated heterocycles. The third-order valence-corrected chi connectivity index (χ3v) is 7.19. The summed E-state index contributed by atoms with van der Waals surface area (Å²) in [6, 6.07) is 17.6. The Bertz CT molecular complexity index is 873. The molecule has 1 atom stereocenters. The molecule has 2 aliphatic heterocycles. The van der Waals surface area contributed by atoms with Gasteiger partial charge in [-0.05, 0) is 55.5 Å². The van der Waals surface area contributed by atoms with Crippen molar-refractivity contribution in [2.24, 2.45) is 0 Å². The third kappa shape index (κ3) is 3.71. The molecule has 1 aliphatic carbocycles. The van der Waals surface area contributed by atoms with Gasteiger partial charge in [-0.3, -0.25) is 9.69 Å². The molecule has 0 spiro atoms. The first-order chi connectivity index (χ1) is 14.7. The second-order valence-electron chi connectivity index (χ2n) is 8.99. The number of nitrogens with zero attached hydrogens (tertiary/aromatic N) is 3. The van der Waals surface area contributed by atoms with Gasteiger partial charge in [0.15, 0.2) is 0 Å². The first-order valence-corrected chi connectivity index (χ1v) is 11.3. The van der Waals surface area contributed by atoms with Crippen LogP contribution in [0, 0.1) is 5.82 Å². The van der Waals surface area contributed by atoms with Crippen LogP contribution in [0.2, 0.25) is 0 Å². The molecule has 5 heteroatoms. The lowest BCUT2D eigenvalue weighted by Crippen LogP contribution is -2.56. The highest BCUT2D eigenvalue weighted by atomic mass is 19.1. The summed E-state index contributed by atoms with van der Waals surface area (Å²) in [4.78, 5) is 20.5. The maximum absolute atomic E-state index is 13.4. The number of carbonyl (C=O) groups excluding carboxylic acids is 1. The predicted molar refractivity (Wildman–Crippen MR) is 117 cm³/mol. The topological polar surface area (TPSA) is 26.8 Å².